The van der Waals surface area contributed by atoms with Crippen molar-refractivity contribution in [3.05, 3.63) is 59.7 Å². The molecule has 2 rings (SSSR count). The summed E-state index contributed by atoms with van der Waals surface area (Å²) >= 11 is 0. The molecule has 23 heavy (non-hydrogen) atoms. The van der Waals surface area contributed by atoms with Crippen molar-refractivity contribution in [3.8, 4) is 0 Å². The molecule has 0 aromatic heterocycles. The maximum atomic E-state index is 12.7. The van der Waals surface area contributed by atoms with Crippen LogP contribution in [0.1, 0.15) is 15.9 Å². The van der Waals surface area contributed by atoms with Gasteiger partial charge in [-0.05, 0) is 37.3 Å². The Morgan fingerprint density at radius 1 is 1.00 bits per heavy atom. The van der Waals surface area contributed by atoms with Crippen molar-refractivity contribution in [2.45, 2.75) is 11.8 Å². The van der Waals surface area contributed by atoms with E-state index in [9.17, 15) is 18.0 Å². The van der Waals surface area contributed by atoms with Crippen LogP contribution in [0.3, 0.4) is 0 Å². The molecular formula is C15H15N3O4S. The molecule has 0 unspecified atom stereocenters. The molecule has 0 aliphatic carbocycles. The minimum atomic E-state index is -4.21. The molecule has 0 fully saturated rings. The average molecular weight is 333 g/mol. The van der Waals surface area contributed by atoms with Crippen LogP contribution < -0.4 is 15.8 Å². The number of benzene rings is 2. The number of aryl methyl sites for hydroxylation is 1. The second-order valence-electron chi connectivity index (χ2n) is 4.84. The average Bonchev–Trinajstić information content (AvgIpc) is 2.47. The van der Waals surface area contributed by atoms with Gasteiger partial charge in [0.2, 0.25) is 5.91 Å². The lowest BCUT2D eigenvalue weighted by atomic mass is 10.2. The highest BCUT2D eigenvalue weighted by Gasteiger charge is 2.29. The quantitative estimate of drug-likeness (QED) is 0.876. The van der Waals surface area contributed by atoms with E-state index in [1.54, 1.807) is 19.1 Å². The highest BCUT2D eigenvalue weighted by atomic mass is 32.2. The molecule has 7 nitrogen and oxygen atoms in total. The number of urea groups is 1. The normalized spacial score (nSPS) is 11.0. The monoisotopic (exact) mass is 333 g/mol. The van der Waals surface area contributed by atoms with E-state index in [1.807, 2.05) is 0 Å². The van der Waals surface area contributed by atoms with Gasteiger partial charge in [0.15, 0.2) is 0 Å². The Morgan fingerprint density at radius 2 is 1.61 bits per heavy atom. The summed E-state index contributed by atoms with van der Waals surface area (Å²) in [5.74, 6) is -0.746. The van der Waals surface area contributed by atoms with E-state index in [-0.39, 0.29) is 16.1 Å². The summed E-state index contributed by atoms with van der Waals surface area (Å²) < 4.78 is 25.8. The molecule has 0 radical (unpaired) electrons. The third kappa shape index (κ3) is 3.32. The molecule has 0 saturated carbocycles. The van der Waals surface area contributed by atoms with Crippen molar-refractivity contribution in [3.63, 3.8) is 0 Å². The third-order valence-electron chi connectivity index (χ3n) is 3.12. The summed E-state index contributed by atoms with van der Waals surface area (Å²) in [5, 5.41) is 0. The molecule has 120 valence electrons. The van der Waals surface area contributed by atoms with Crippen molar-refractivity contribution in [1.82, 2.24) is 0 Å². The molecule has 4 N–H and O–H groups in total. The van der Waals surface area contributed by atoms with E-state index >= 15 is 0 Å². The fourth-order valence-electron chi connectivity index (χ4n) is 1.99. The highest BCUT2D eigenvalue weighted by Crippen LogP contribution is 2.24. The second-order valence-corrected chi connectivity index (χ2v) is 6.62. The zero-order valence-electron chi connectivity index (χ0n) is 12.3. The Bertz CT molecular complexity index is 861. The van der Waals surface area contributed by atoms with Gasteiger partial charge in [0.05, 0.1) is 10.6 Å². The van der Waals surface area contributed by atoms with Crippen LogP contribution in [0, 0.1) is 6.92 Å². The summed E-state index contributed by atoms with van der Waals surface area (Å²) in [6, 6.07) is 10.1. The first kappa shape index (κ1) is 16.5. The zero-order valence-corrected chi connectivity index (χ0v) is 13.1. The fraction of sp³-hybridized carbons (Fsp3) is 0.0667. The number of hydrogen-bond acceptors (Lipinski definition) is 4. The Hall–Kier alpha value is -2.87. The van der Waals surface area contributed by atoms with Crippen LogP contribution >= 0.6 is 0 Å². The van der Waals surface area contributed by atoms with Crippen LogP contribution in [-0.2, 0) is 10.0 Å². The molecule has 0 aliphatic rings. The van der Waals surface area contributed by atoms with E-state index in [1.165, 1.54) is 36.4 Å². The summed E-state index contributed by atoms with van der Waals surface area (Å²) in [4.78, 5) is 22.9. The smallest absolute Gasteiger partial charge is 0.333 e. The molecule has 3 amide bonds. The number of amides is 3. The van der Waals surface area contributed by atoms with E-state index in [0.29, 0.717) is 4.31 Å². The van der Waals surface area contributed by atoms with Crippen LogP contribution in [0.2, 0.25) is 0 Å². The summed E-state index contributed by atoms with van der Waals surface area (Å²) in [6.07, 6.45) is 0. The van der Waals surface area contributed by atoms with Crippen LogP contribution in [0.5, 0.6) is 0 Å². The molecule has 2 aromatic carbocycles. The number of hydrogen-bond donors (Lipinski definition) is 2. The Labute approximate surface area is 133 Å². The number of carbonyl (C=O) groups is 2. The molecule has 0 spiro atoms. The van der Waals surface area contributed by atoms with Gasteiger partial charge in [-0.25, -0.2) is 13.2 Å². The van der Waals surface area contributed by atoms with Gasteiger partial charge in [0, 0.05) is 5.56 Å². The first-order valence-electron chi connectivity index (χ1n) is 6.55. The lowest BCUT2D eigenvalue weighted by Gasteiger charge is -2.21. The van der Waals surface area contributed by atoms with Crippen LogP contribution in [0.15, 0.2) is 53.4 Å². The van der Waals surface area contributed by atoms with Crippen LogP contribution in [0.4, 0.5) is 10.5 Å². The van der Waals surface area contributed by atoms with E-state index in [4.69, 9.17) is 11.5 Å². The molecule has 0 bridgehead atoms. The lowest BCUT2D eigenvalue weighted by Crippen LogP contribution is -2.40. The molecule has 0 saturated heterocycles. The molecule has 8 heteroatoms. The van der Waals surface area contributed by atoms with E-state index in [2.05, 4.69) is 0 Å². The first-order chi connectivity index (χ1) is 10.7. The summed E-state index contributed by atoms with van der Waals surface area (Å²) in [7, 11) is -4.21. The van der Waals surface area contributed by atoms with Crippen molar-refractivity contribution in [2.24, 2.45) is 11.5 Å². The molecule has 2 aromatic rings. The molecule has 0 aliphatic heterocycles. The van der Waals surface area contributed by atoms with Gasteiger partial charge in [-0.3, -0.25) is 4.79 Å². The standard InChI is InChI=1S/C15H15N3O4S/c1-10-5-7-13(8-6-10)23(21,22)18(15(17)20)12-4-2-3-11(9-12)14(16)19/h2-9H,1H3,(H2,16,19)(H2,17,20). The lowest BCUT2D eigenvalue weighted by molar-refractivity contribution is 0.1000. The number of rotatable bonds is 4. The molecule has 0 atom stereocenters. The SMILES string of the molecule is Cc1ccc(S(=O)(=O)N(C(N)=O)c2cccc(C(N)=O)c2)cc1. The zero-order chi connectivity index (χ0) is 17.2. The third-order valence-corrected chi connectivity index (χ3v) is 4.86. The van der Waals surface area contributed by atoms with Crippen LogP contribution in [-0.4, -0.2) is 20.4 Å². The Balaban J connectivity index is 2.58. The van der Waals surface area contributed by atoms with E-state index < -0.39 is 22.0 Å². The largest absolute Gasteiger partial charge is 0.366 e. The van der Waals surface area contributed by atoms with E-state index in [0.717, 1.165) is 5.56 Å². The Morgan fingerprint density at radius 3 is 2.13 bits per heavy atom. The topological polar surface area (TPSA) is 124 Å². The van der Waals surface area contributed by atoms with Gasteiger partial charge in [-0.15, -0.1) is 0 Å². The molecular weight excluding hydrogens is 318 g/mol. The highest BCUT2D eigenvalue weighted by molar-refractivity contribution is 7.93. The van der Waals surface area contributed by atoms with Gasteiger partial charge in [-0.1, -0.05) is 23.8 Å². The van der Waals surface area contributed by atoms with Crippen molar-refractivity contribution in [1.29, 1.82) is 0 Å². The number of anilines is 1. The van der Waals surface area contributed by atoms with Crippen LogP contribution in [0.25, 0.3) is 0 Å². The van der Waals surface area contributed by atoms with Gasteiger partial charge >= 0.3 is 6.03 Å². The summed E-state index contributed by atoms with van der Waals surface area (Å²) in [6.45, 7) is 1.80. The predicted octanol–water partition coefficient (Wildman–Crippen LogP) is 1.37. The maximum absolute atomic E-state index is 12.7. The summed E-state index contributed by atoms with van der Waals surface area (Å²) in [5.41, 5.74) is 11.3. The second kappa shape index (κ2) is 6.09. The first-order valence-corrected chi connectivity index (χ1v) is 7.99. The Kier molecular flexibility index (Phi) is 4.37. The minimum absolute atomic E-state index is 0.0608. The number of carbonyl (C=O) groups excluding carboxylic acids is 2. The predicted molar refractivity (Wildman–Crippen MR) is 85.4 cm³/mol. The van der Waals surface area contributed by atoms with Gasteiger partial charge < -0.3 is 11.5 Å². The number of primary amides is 2. The number of nitrogens with two attached hydrogens (primary N) is 2. The van der Waals surface area contributed by atoms with Crippen molar-refractivity contribution >= 4 is 27.6 Å². The fourth-order valence-corrected chi connectivity index (χ4v) is 3.30. The number of sulfonamides is 1. The maximum Gasteiger partial charge on any atom is 0.333 e. The van der Waals surface area contributed by atoms with Gasteiger partial charge in [-0.2, -0.15) is 4.31 Å². The minimum Gasteiger partial charge on any atom is -0.366 e. The van der Waals surface area contributed by atoms with Crippen molar-refractivity contribution in [2.75, 3.05) is 4.31 Å². The number of nitrogens with zero attached hydrogens (tertiary/aromatic N) is 1. The van der Waals surface area contributed by atoms with Gasteiger partial charge in [0.1, 0.15) is 0 Å². The van der Waals surface area contributed by atoms with Gasteiger partial charge in [0.25, 0.3) is 10.0 Å². The molecule has 0 heterocycles. The van der Waals surface area contributed by atoms with Crippen molar-refractivity contribution < 1.29 is 18.0 Å².